The number of nitrogens with zero attached hydrogens (tertiary/aromatic N) is 2. The van der Waals surface area contributed by atoms with Gasteiger partial charge < -0.3 is 9.84 Å². The van der Waals surface area contributed by atoms with Crippen LogP contribution in [0, 0.1) is 13.8 Å². The summed E-state index contributed by atoms with van der Waals surface area (Å²) in [7, 11) is 0. The molecule has 25 heavy (non-hydrogen) atoms. The maximum absolute atomic E-state index is 12.1. The number of nitrogens with one attached hydrogen (secondary N) is 1. The molecule has 124 valence electrons. The molecule has 4 rings (SSSR count). The zero-order chi connectivity index (χ0) is 17.4. The van der Waals surface area contributed by atoms with Crippen molar-refractivity contribution < 1.29 is 9.32 Å². The third-order valence-electron chi connectivity index (χ3n) is 3.79. The van der Waals surface area contributed by atoms with E-state index in [-0.39, 0.29) is 11.6 Å². The minimum Gasteiger partial charge on any atom is -0.361 e. The molecule has 0 unspecified atom stereocenters. The van der Waals surface area contributed by atoms with E-state index in [9.17, 15) is 4.79 Å². The number of amides is 1. The quantitative estimate of drug-likeness (QED) is 0.576. The lowest BCUT2D eigenvalue weighted by Gasteiger charge is -2.03. The van der Waals surface area contributed by atoms with Crippen LogP contribution in [-0.4, -0.2) is 16.0 Å². The van der Waals surface area contributed by atoms with Crippen molar-refractivity contribution in [2.24, 2.45) is 0 Å². The van der Waals surface area contributed by atoms with Crippen LogP contribution >= 0.6 is 11.3 Å². The standard InChI is InChI=1S/C19H15N3O2S/c1-11-3-8-15-17(9-11)25-19(21-15)13-4-6-14(7-5-13)20-18(23)16-10-12(2)24-22-16/h3-10H,1-2H3,(H,20,23). The first-order valence-corrected chi connectivity index (χ1v) is 8.62. The first-order chi connectivity index (χ1) is 12.1. The van der Waals surface area contributed by atoms with Crippen molar-refractivity contribution in [2.75, 3.05) is 5.32 Å². The molecule has 2 heterocycles. The van der Waals surface area contributed by atoms with Crippen molar-refractivity contribution in [3.8, 4) is 10.6 Å². The smallest absolute Gasteiger partial charge is 0.277 e. The van der Waals surface area contributed by atoms with E-state index in [4.69, 9.17) is 4.52 Å². The van der Waals surface area contributed by atoms with Crippen molar-refractivity contribution in [3.05, 3.63) is 65.5 Å². The van der Waals surface area contributed by atoms with Gasteiger partial charge in [-0.1, -0.05) is 11.2 Å². The highest BCUT2D eigenvalue weighted by molar-refractivity contribution is 7.21. The molecule has 0 atom stereocenters. The van der Waals surface area contributed by atoms with Gasteiger partial charge in [0.25, 0.3) is 5.91 Å². The Labute approximate surface area is 148 Å². The van der Waals surface area contributed by atoms with Crippen LogP contribution in [0.5, 0.6) is 0 Å². The Morgan fingerprint density at radius 2 is 1.88 bits per heavy atom. The Morgan fingerprint density at radius 3 is 2.60 bits per heavy atom. The highest BCUT2D eigenvalue weighted by Crippen LogP contribution is 2.31. The fourth-order valence-electron chi connectivity index (χ4n) is 2.52. The fraction of sp³-hybridized carbons (Fsp3) is 0.105. The van der Waals surface area contributed by atoms with Crippen LogP contribution in [0.3, 0.4) is 0 Å². The van der Waals surface area contributed by atoms with Crippen LogP contribution in [0.15, 0.2) is 53.1 Å². The molecule has 0 radical (unpaired) electrons. The van der Waals surface area contributed by atoms with Gasteiger partial charge in [0.15, 0.2) is 5.69 Å². The summed E-state index contributed by atoms with van der Waals surface area (Å²) in [6.07, 6.45) is 0. The summed E-state index contributed by atoms with van der Waals surface area (Å²) in [5.41, 5.74) is 4.22. The van der Waals surface area contributed by atoms with Gasteiger partial charge in [0.2, 0.25) is 0 Å². The van der Waals surface area contributed by atoms with Crippen molar-refractivity contribution >= 4 is 33.1 Å². The highest BCUT2D eigenvalue weighted by atomic mass is 32.1. The molecule has 0 aliphatic carbocycles. The maximum atomic E-state index is 12.1. The molecular formula is C19H15N3O2S. The number of carbonyl (C=O) groups is 1. The summed E-state index contributed by atoms with van der Waals surface area (Å²) >= 11 is 1.66. The Balaban J connectivity index is 1.55. The number of fused-ring (bicyclic) bond motifs is 1. The zero-order valence-electron chi connectivity index (χ0n) is 13.7. The molecule has 0 saturated carbocycles. The molecule has 0 aliphatic heterocycles. The molecule has 2 aromatic heterocycles. The van der Waals surface area contributed by atoms with E-state index in [1.54, 1.807) is 24.3 Å². The Hall–Kier alpha value is -2.99. The molecule has 2 aromatic carbocycles. The number of hydrogen-bond acceptors (Lipinski definition) is 5. The van der Waals surface area contributed by atoms with E-state index in [0.29, 0.717) is 11.4 Å². The third kappa shape index (κ3) is 3.16. The summed E-state index contributed by atoms with van der Waals surface area (Å²) in [6.45, 7) is 3.82. The Kier molecular flexibility index (Phi) is 3.82. The molecule has 1 amide bonds. The summed E-state index contributed by atoms with van der Waals surface area (Å²) in [4.78, 5) is 16.8. The van der Waals surface area contributed by atoms with Gasteiger partial charge in [-0.2, -0.15) is 0 Å². The number of aromatic nitrogens is 2. The lowest BCUT2D eigenvalue weighted by atomic mass is 10.2. The number of thiazole rings is 1. The average Bonchev–Trinajstić information content (AvgIpc) is 3.21. The average molecular weight is 349 g/mol. The SMILES string of the molecule is Cc1ccc2nc(-c3ccc(NC(=O)c4cc(C)on4)cc3)sc2c1. The van der Waals surface area contributed by atoms with Gasteiger partial charge in [-0.15, -0.1) is 11.3 Å². The summed E-state index contributed by atoms with van der Waals surface area (Å²) in [5.74, 6) is 0.312. The van der Waals surface area contributed by atoms with Gasteiger partial charge in [0, 0.05) is 17.3 Å². The molecule has 0 bridgehead atoms. The van der Waals surface area contributed by atoms with Gasteiger partial charge >= 0.3 is 0 Å². The molecule has 1 N–H and O–H groups in total. The minimum atomic E-state index is -0.292. The topological polar surface area (TPSA) is 68.0 Å². The van der Waals surface area contributed by atoms with Crippen LogP contribution in [0.4, 0.5) is 5.69 Å². The zero-order valence-corrected chi connectivity index (χ0v) is 14.6. The summed E-state index contributed by atoms with van der Waals surface area (Å²) in [5, 5.41) is 7.48. The molecule has 6 heteroatoms. The van der Waals surface area contributed by atoms with E-state index in [2.05, 4.69) is 34.5 Å². The van der Waals surface area contributed by atoms with Crippen molar-refractivity contribution in [1.29, 1.82) is 0 Å². The van der Waals surface area contributed by atoms with Crippen molar-refractivity contribution in [3.63, 3.8) is 0 Å². The third-order valence-corrected chi connectivity index (χ3v) is 4.86. The largest absolute Gasteiger partial charge is 0.361 e. The van der Waals surface area contributed by atoms with Gasteiger partial charge in [-0.05, 0) is 55.8 Å². The first kappa shape index (κ1) is 15.5. The molecule has 5 nitrogen and oxygen atoms in total. The number of anilines is 1. The Bertz CT molecular complexity index is 1060. The molecule has 0 aliphatic rings. The van der Waals surface area contributed by atoms with Crippen molar-refractivity contribution in [2.45, 2.75) is 13.8 Å². The number of aryl methyl sites for hydroxylation is 2. The maximum Gasteiger partial charge on any atom is 0.277 e. The number of rotatable bonds is 3. The van der Waals surface area contributed by atoms with E-state index < -0.39 is 0 Å². The lowest BCUT2D eigenvalue weighted by molar-refractivity contribution is 0.101. The monoisotopic (exact) mass is 349 g/mol. The van der Waals surface area contributed by atoms with Crippen LogP contribution in [0.2, 0.25) is 0 Å². The number of benzene rings is 2. The van der Waals surface area contributed by atoms with Crippen LogP contribution in [0.25, 0.3) is 20.8 Å². The van der Waals surface area contributed by atoms with Gasteiger partial charge in [0.05, 0.1) is 10.2 Å². The Morgan fingerprint density at radius 1 is 1.08 bits per heavy atom. The number of carbonyl (C=O) groups excluding carboxylic acids is 1. The first-order valence-electron chi connectivity index (χ1n) is 7.81. The second-order valence-corrected chi connectivity index (χ2v) is 6.88. The van der Waals surface area contributed by atoms with E-state index in [1.807, 2.05) is 30.3 Å². The van der Waals surface area contributed by atoms with Crippen LogP contribution in [-0.2, 0) is 0 Å². The van der Waals surface area contributed by atoms with E-state index >= 15 is 0 Å². The summed E-state index contributed by atoms with van der Waals surface area (Å²) < 4.78 is 6.09. The normalized spacial score (nSPS) is 11.0. The summed E-state index contributed by atoms with van der Waals surface area (Å²) in [6, 6.07) is 15.5. The van der Waals surface area contributed by atoms with Gasteiger partial charge in [-0.3, -0.25) is 4.79 Å². The predicted molar refractivity (Wildman–Crippen MR) is 99.0 cm³/mol. The van der Waals surface area contributed by atoms with Gasteiger partial charge in [0.1, 0.15) is 10.8 Å². The second kappa shape index (κ2) is 6.14. The lowest BCUT2D eigenvalue weighted by Crippen LogP contribution is -2.11. The fourth-order valence-corrected chi connectivity index (χ4v) is 3.59. The minimum absolute atomic E-state index is 0.267. The molecule has 0 saturated heterocycles. The van der Waals surface area contributed by atoms with Crippen molar-refractivity contribution in [1.82, 2.24) is 10.1 Å². The van der Waals surface area contributed by atoms with Crippen LogP contribution < -0.4 is 5.32 Å². The second-order valence-electron chi connectivity index (χ2n) is 5.84. The number of hydrogen-bond donors (Lipinski definition) is 1. The van der Waals surface area contributed by atoms with E-state index in [0.717, 1.165) is 16.1 Å². The van der Waals surface area contributed by atoms with Crippen LogP contribution in [0.1, 0.15) is 21.8 Å². The molecule has 0 spiro atoms. The molecule has 4 aromatic rings. The molecular weight excluding hydrogens is 334 g/mol. The predicted octanol–water partition coefficient (Wildman–Crippen LogP) is 4.82. The van der Waals surface area contributed by atoms with Gasteiger partial charge in [-0.25, -0.2) is 4.98 Å². The molecule has 0 fully saturated rings. The van der Waals surface area contributed by atoms with E-state index in [1.165, 1.54) is 10.3 Å². The highest BCUT2D eigenvalue weighted by Gasteiger charge is 2.12.